The molecule has 1 aliphatic heterocycles. The lowest BCUT2D eigenvalue weighted by Gasteiger charge is -2.38. The number of carbonyl (C=O) groups is 2. The SMILES string of the molecule is COC(=O)c1cccc2c1OC(C(=O)O)C(C)N2C. The predicted octanol–water partition coefficient (Wildman–Crippen LogP) is 1.14. The summed E-state index contributed by atoms with van der Waals surface area (Å²) in [5.74, 6) is -1.36. The van der Waals surface area contributed by atoms with Gasteiger partial charge in [0.2, 0.25) is 6.10 Å². The number of benzene rings is 1. The van der Waals surface area contributed by atoms with E-state index in [1.807, 2.05) is 0 Å². The van der Waals surface area contributed by atoms with Crippen LogP contribution in [0.3, 0.4) is 0 Å². The van der Waals surface area contributed by atoms with Gasteiger partial charge in [-0.15, -0.1) is 0 Å². The molecule has 0 aromatic heterocycles. The van der Waals surface area contributed by atoms with Gasteiger partial charge in [-0.3, -0.25) is 0 Å². The van der Waals surface area contributed by atoms with Crippen LogP contribution in [0.25, 0.3) is 0 Å². The van der Waals surface area contributed by atoms with Crippen molar-refractivity contribution in [2.45, 2.75) is 19.1 Å². The molecule has 1 heterocycles. The minimum absolute atomic E-state index is 0.227. The Morgan fingerprint density at radius 2 is 2.11 bits per heavy atom. The summed E-state index contributed by atoms with van der Waals surface area (Å²) >= 11 is 0. The van der Waals surface area contributed by atoms with Gasteiger partial charge >= 0.3 is 11.9 Å². The van der Waals surface area contributed by atoms with Gasteiger partial charge in [0.15, 0.2) is 5.75 Å². The van der Waals surface area contributed by atoms with Gasteiger partial charge in [-0.05, 0) is 19.1 Å². The van der Waals surface area contributed by atoms with Crippen LogP contribution in [0.2, 0.25) is 0 Å². The minimum atomic E-state index is -1.07. The first-order chi connectivity index (χ1) is 8.97. The molecule has 19 heavy (non-hydrogen) atoms. The first-order valence-electron chi connectivity index (χ1n) is 5.81. The maximum Gasteiger partial charge on any atom is 0.347 e. The summed E-state index contributed by atoms with van der Waals surface area (Å²) in [6.45, 7) is 1.76. The van der Waals surface area contributed by atoms with Gasteiger partial charge in [0.05, 0.1) is 18.8 Å². The number of aliphatic carboxylic acids is 1. The zero-order valence-corrected chi connectivity index (χ0v) is 10.9. The van der Waals surface area contributed by atoms with Crippen LogP contribution in [-0.2, 0) is 9.53 Å². The van der Waals surface area contributed by atoms with Crippen molar-refractivity contribution in [2.75, 3.05) is 19.1 Å². The molecule has 0 saturated carbocycles. The van der Waals surface area contributed by atoms with Crippen molar-refractivity contribution in [1.29, 1.82) is 0 Å². The van der Waals surface area contributed by atoms with Crippen LogP contribution in [0.4, 0.5) is 5.69 Å². The predicted molar refractivity (Wildman–Crippen MR) is 67.7 cm³/mol. The normalized spacial score (nSPS) is 21.3. The number of esters is 1. The highest BCUT2D eigenvalue weighted by Gasteiger charge is 2.37. The number of ether oxygens (including phenoxy) is 2. The van der Waals surface area contributed by atoms with Crippen LogP contribution in [0.1, 0.15) is 17.3 Å². The van der Waals surface area contributed by atoms with Crippen LogP contribution in [0.5, 0.6) is 5.75 Å². The Labute approximate surface area is 110 Å². The van der Waals surface area contributed by atoms with Crippen molar-refractivity contribution in [1.82, 2.24) is 0 Å². The van der Waals surface area contributed by atoms with Crippen molar-refractivity contribution in [3.05, 3.63) is 23.8 Å². The molecule has 0 radical (unpaired) electrons. The third kappa shape index (κ3) is 2.09. The van der Waals surface area contributed by atoms with E-state index < -0.39 is 18.0 Å². The average Bonchev–Trinajstić information content (AvgIpc) is 2.40. The van der Waals surface area contributed by atoms with Gasteiger partial charge in [-0.2, -0.15) is 0 Å². The summed E-state index contributed by atoms with van der Waals surface area (Å²) in [4.78, 5) is 24.7. The molecule has 6 heteroatoms. The Hall–Kier alpha value is -2.24. The quantitative estimate of drug-likeness (QED) is 0.808. The first kappa shape index (κ1) is 13.2. The molecule has 0 spiro atoms. The topological polar surface area (TPSA) is 76.1 Å². The molecule has 0 aliphatic carbocycles. The van der Waals surface area contributed by atoms with Gasteiger partial charge in [0, 0.05) is 7.05 Å². The monoisotopic (exact) mass is 265 g/mol. The molecule has 1 aromatic rings. The molecule has 2 atom stereocenters. The largest absolute Gasteiger partial charge is 0.478 e. The summed E-state index contributed by atoms with van der Waals surface area (Å²) in [6.07, 6.45) is -1.02. The third-order valence-corrected chi connectivity index (χ3v) is 3.32. The summed E-state index contributed by atoms with van der Waals surface area (Å²) in [6, 6.07) is 4.69. The lowest BCUT2D eigenvalue weighted by molar-refractivity contribution is -0.146. The lowest BCUT2D eigenvalue weighted by atomic mass is 10.0. The van der Waals surface area contributed by atoms with Crippen molar-refractivity contribution in [3.63, 3.8) is 0 Å². The Morgan fingerprint density at radius 3 is 2.68 bits per heavy atom. The number of likely N-dealkylation sites (N-methyl/N-ethyl adjacent to an activating group) is 1. The second kappa shape index (κ2) is 4.79. The number of para-hydroxylation sites is 1. The second-order valence-corrected chi connectivity index (χ2v) is 4.37. The van der Waals surface area contributed by atoms with Crippen molar-refractivity contribution in [3.8, 4) is 5.75 Å². The molecule has 2 unspecified atom stereocenters. The zero-order valence-electron chi connectivity index (χ0n) is 10.9. The fourth-order valence-corrected chi connectivity index (χ4v) is 2.10. The van der Waals surface area contributed by atoms with Crippen LogP contribution in [-0.4, -0.2) is 43.3 Å². The maximum absolute atomic E-state index is 11.7. The third-order valence-electron chi connectivity index (χ3n) is 3.32. The molecule has 6 nitrogen and oxygen atoms in total. The Morgan fingerprint density at radius 1 is 1.42 bits per heavy atom. The number of hydrogen-bond acceptors (Lipinski definition) is 5. The van der Waals surface area contributed by atoms with E-state index in [2.05, 4.69) is 4.74 Å². The van der Waals surface area contributed by atoms with Crippen molar-refractivity contribution in [2.24, 2.45) is 0 Å². The van der Waals surface area contributed by atoms with Gasteiger partial charge in [0.25, 0.3) is 0 Å². The molecule has 1 N–H and O–H groups in total. The van der Waals surface area contributed by atoms with Crippen molar-refractivity contribution >= 4 is 17.6 Å². The molecule has 0 bridgehead atoms. The standard InChI is InChI=1S/C13H15NO5/c1-7-10(12(15)16)19-11-8(13(17)18-3)5-4-6-9(11)14(7)2/h4-7,10H,1-3H3,(H,15,16). The number of fused-ring (bicyclic) bond motifs is 1. The lowest BCUT2D eigenvalue weighted by Crippen LogP contribution is -2.50. The first-order valence-corrected chi connectivity index (χ1v) is 5.81. The van der Waals surface area contributed by atoms with Crippen LogP contribution in [0.15, 0.2) is 18.2 Å². The average molecular weight is 265 g/mol. The highest BCUT2D eigenvalue weighted by Crippen LogP contribution is 2.38. The molecule has 1 aliphatic rings. The Balaban J connectivity index is 2.53. The number of carbonyl (C=O) groups excluding carboxylic acids is 1. The molecule has 2 rings (SSSR count). The summed E-state index contributed by atoms with van der Waals surface area (Å²) in [5, 5.41) is 9.17. The van der Waals surface area contributed by atoms with E-state index in [1.54, 1.807) is 37.1 Å². The molecular weight excluding hydrogens is 250 g/mol. The second-order valence-electron chi connectivity index (χ2n) is 4.37. The fourth-order valence-electron chi connectivity index (χ4n) is 2.10. The van der Waals surface area contributed by atoms with Gasteiger partial charge in [-0.25, -0.2) is 9.59 Å². The minimum Gasteiger partial charge on any atom is -0.478 e. The van der Waals surface area contributed by atoms with Crippen LogP contribution >= 0.6 is 0 Å². The van der Waals surface area contributed by atoms with E-state index in [-0.39, 0.29) is 17.4 Å². The van der Waals surface area contributed by atoms with Crippen LogP contribution < -0.4 is 9.64 Å². The molecule has 0 saturated heterocycles. The molecule has 102 valence electrons. The van der Waals surface area contributed by atoms with Crippen molar-refractivity contribution < 1.29 is 24.2 Å². The van der Waals surface area contributed by atoms with E-state index in [1.165, 1.54) is 7.11 Å². The molecule has 1 aromatic carbocycles. The van der Waals surface area contributed by atoms with E-state index in [0.717, 1.165) is 0 Å². The van der Waals surface area contributed by atoms with E-state index in [0.29, 0.717) is 5.69 Å². The van der Waals surface area contributed by atoms with E-state index in [4.69, 9.17) is 4.74 Å². The van der Waals surface area contributed by atoms with Gasteiger partial charge in [0.1, 0.15) is 5.56 Å². The molecule has 0 amide bonds. The molecule has 0 fully saturated rings. The van der Waals surface area contributed by atoms with Crippen LogP contribution in [0, 0.1) is 0 Å². The highest BCUT2D eigenvalue weighted by atomic mass is 16.5. The van der Waals surface area contributed by atoms with E-state index >= 15 is 0 Å². The Bertz CT molecular complexity index is 528. The number of methoxy groups -OCH3 is 1. The maximum atomic E-state index is 11.7. The summed E-state index contributed by atoms with van der Waals surface area (Å²) in [7, 11) is 3.04. The van der Waals surface area contributed by atoms with Gasteiger partial charge in [-0.1, -0.05) is 6.07 Å². The number of rotatable bonds is 2. The number of carboxylic acid groups (broad SMARTS) is 1. The molecular formula is C13H15NO5. The fraction of sp³-hybridized carbons (Fsp3) is 0.385. The number of carboxylic acids is 1. The Kier molecular flexibility index (Phi) is 3.33. The smallest absolute Gasteiger partial charge is 0.347 e. The number of anilines is 1. The van der Waals surface area contributed by atoms with E-state index in [9.17, 15) is 14.7 Å². The number of hydrogen-bond donors (Lipinski definition) is 1. The summed E-state index contributed by atoms with van der Waals surface area (Å²) < 4.78 is 10.2. The highest BCUT2D eigenvalue weighted by molar-refractivity contribution is 5.95. The van der Waals surface area contributed by atoms with Gasteiger partial charge < -0.3 is 19.5 Å². The summed E-state index contributed by atoms with van der Waals surface area (Å²) in [5.41, 5.74) is 0.901. The zero-order chi connectivity index (χ0) is 14.2. The number of nitrogens with zero attached hydrogens (tertiary/aromatic N) is 1.